The second-order valence-electron chi connectivity index (χ2n) is 6.87. The summed E-state index contributed by atoms with van der Waals surface area (Å²) in [6.07, 6.45) is 1.09. The number of halogens is 1. The highest BCUT2D eigenvalue weighted by molar-refractivity contribution is 9.10. The normalized spacial score (nSPS) is 15.8. The number of nitrogens with zero attached hydrogens (tertiary/aromatic N) is 2. The van der Waals surface area contributed by atoms with Crippen molar-refractivity contribution in [3.8, 4) is 0 Å². The van der Waals surface area contributed by atoms with Crippen LogP contribution in [0.1, 0.15) is 11.1 Å². The molecule has 0 saturated carbocycles. The van der Waals surface area contributed by atoms with E-state index in [1.54, 1.807) is 0 Å². The molecule has 1 aliphatic rings. The Hall–Kier alpha value is -1.69. The zero-order chi connectivity index (χ0) is 18.4. The standard InChI is InChI=1S/C21H26BrN3O/c1-17-7-8-19(15-20(17)22)23-21(26)16-25-13-11-24(12-14-25)10-9-18-5-3-2-4-6-18/h2-8,15H,9-14,16H2,1H3,(H,23,26). The van der Waals surface area contributed by atoms with Crippen LogP contribution in [0, 0.1) is 6.92 Å². The molecule has 3 rings (SSSR count). The molecule has 5 heteroatoms. The van der Waals surface area contributed by atoms with Gasteiger partial charge in [0, 0.05) is 42.9 Å². The van der Waals surface area contributed by atoms with E-state index in [0.29, 0.717) is 6.54 Å². The van der Waals surface area contributed by atoms with Gasteiger partial charge in [-0.15, -0.1) is 0 Å². The Labute approximate surface area is 164 Å². The number of hydrogen-bond donors (Lipinski definition) is 1. The molecule has 1 heterocycles. The number of aryl methyl sites for hydroxylation is 1. The number of nitrogens with one attached hydrogen (secondary N) is 1. The third-order valence-corrected chi connectivity index (χ3v) is 5.70. The highest BCUT2D eigenvalue weighted by Gasteiger charge is 2.18. The van der Waals surface area contributed by atoms with Crippen LogP contribution in [0.2, 0.25) is 0 Å². The first-order valence-electron chi connectivity index (χ1n) is 9.15. The smallest absolute Gasteiger partial charge is 0.238 e. The van der Waals surface area contributed by atoms with Crippen molar-refractivity contribution in [1.29, 1.82) is 0 Å². The Kier molecular flexibility index (Phi) is 6.83. The van der Waals surface area contributed by atoms with Gasteiger partial charge in [-0.2, -0.15) is 0 Å². The Morgan fingerprint density at radius 3 is 2.42 bits per heavy atom. The van der Waals surface area contributed by atoms with Gasteiger partial charge >= 0.3 is 0 Å². The van der Waals surface area contributed by atoms with E-state index < -0.39 is 0 Å². The number of hydrogen-bond acceptors (Lipinski definition) is 3. The maximum Gasteiger partial charge on any atom is 0.238 e. The van der Waals surface area contributed by atoms with Gasteiger partial charge in [-0.1, -0.05) is 52.3 Å². The summed E-state index contributed by atoms with van der Waals surface area (Å²) in [7, 11) is 0. The highest BCUT2D eigenvalue weighted by atomic mass is 79.9. The molecule has 0 aromatic heterocycles. The fourth-order valence-electron chi connectivity index (χ4n) is 3.18. The number of carbonyl (C=O) groups excluding carboxylic acids is 1. The number of benzene rings is 2. The number of piperazine rings is 1. The average molecular weight is 416 g/mol. The third kappa shape index (κ3) is 5.66. The predicted octanol–water partition coefficient (Wildman–Crippen LogP) is 3.56. The minimum absolute atomic E-state index is 0.0542. The Morgan fingerprint density at radius 1 is 1.04 bits per heavy atom. The summed E-state index contributed by atoms with van der Waals surface area (Å²) in [4.78, 5) is 17.0. The molecule has 4 nitrogen and oxygen atoms in total. The molecule has 0 bridgehead atoms. The zero-order valence-corrected chi connectivity index (χ0v) is 16.8. The van der Waals surface area contributed by atoms with Crippen LogP contribution in [0.4, 0.5) is 5.69 Å². The number of rotatable bonds is 6. The summed E-state index contributed by atoms with van der Waals surface area (Å²) in [6.45, 7) is 7.51. The lowest BCUT2D eigenvalue weighted by atomic mass is 10.1. The second-order valence-corrected chi connectivity index (χ2v) is 7.72. The van der Waals surface area contributed by atoms with Crippen molar-refractivity contribution in [3.63, 3.8) is 0 Å². The molecule has 1 aliphatic heterocycles. The van der Waals surface area contributed by atoms with E-state index in [4.69, 9.17) is 0 Å². The summed E-state index contributed by atoms with van der Waals surface area (Å²) >= 11 is 3.51. The van der Waals surface area contributed by atoms with E-state index in [1.807, 2.05) is 25.1 Å². The average Bonchev–Trinajstić information content (AvgIpc) is 2.65. The fourth-order valence-corrected chi connectivity index (χ4v) is 3.56. The number of anilines is 1. The van der Waals surface area contributed by atoms with Crippen LogP contribution in [0.25, 0.3) is 0 Å². The summed E-state index contributed by atoms with van der Waals surface area (Å²) in [5.41, 5.74) is 3.39. The van der Waals surface area contributed by atoms with Gasteiger partial charge in [0.15, 0.2) is 0 Å². The molecular weight excluding hydrogens is 390 g/mol. The van der Waals surface area contributed by atoms with Crippen molar-refractivity contribution in [2.24, 2.45) is 0 Å². The Balaban J connectivity index is 1.39. The van der Waals surface area contributed by atoms with Crippen LogP contribution in [0.3, 0.4) is 0 Å². The molecule has 0 spiro atoms. The van der Waals surface area contributed by atoms with Gasteiger partial charge in [-0.25, -0.2) is 0 Å². The molecule has 0 aliphatic carbocycles. The molecule has 0 atom stereocenters. The maximum atomic E-state index is 12.3. The van der Waals surface area contributed by atoms with Gasteiger partial charge in [0.05, 0.1) is 6.54 Å². The maximum absolute atomic E-state index is 12.3. The first-order chi connectivity index (χ1) is 12.6. The molecule has 0 unspecified atom stereocenters. The predicted molar refractivity (Wildman–Crippen MR) is 111 cm³/mol. The van der Waals surface area contributed by atoms with Gasteiger partial charge in [0.2, 0.25) is 5.91 Å². The van der Waals surface area contributed by atoms with Gasteiger partial charge in [-0.3, -0.25) is 9.69 Å². The fraction of sp³-hybridized carbons (Fsp3) is 0.381. The van der Waals surface area contributed by atoms with Crippen molar-refractivity contribution in [2.75, 3.05) is 44.6 Å². The van der Waals surface area contributed by atoms with Crippen LogP contribution in [-0.2, 0) is 11.2 Å². The van der Waals surface area contributed by atoms with E-state index in [2.05, 4.69) is 61.4 Å². The molecule has 26 heavy (non-hydrogen) atoms. The van der Waals surface area contributed by atoms with Crippen molar-refractivity contribution >= 4 is 27.5 Å². The molecular formula is C21H26BrN3O. The van der Waals surface area contributed by atoms with Crippen molar-refractivity contribution < 1.29 is 4.79 Å². The molecule has 138 valence electrons. The molecule has 2 aromatic rings. The van der Waals surface area contributed by atoms with E-state index >= 15 is 0 Å². The van der Waals surface area contributed by atoms with Gasteiger partial charge in [0.25, 0.3) is 0 Å². The molecule has 1 fully saturated rings. The molecule has 0 radical (unpaired) electrons. The Bertz CT molecular complexity index is 727. The van der Waals surface area contributed by atoms with Gasteiger partial charge in [0.1, 0.15) is 0 Å². The van der Waals surface area contributed by atoms with E-state index in [-0.39, 0.29) is 5.91 Å². The lowest BCUT2D eigenvalue weighted by Crippen LogP contribution is -2.49. The van der Waals surface area contributed by atoms with Crippen molar-refractivity contribution in [1.82, 2.24) is 9.80 Å². The number of amides is 1. The summed E-state index contributed by atoms with van der Waals surface area (Å²) in [6, 6.07) is 16.5. The third-order valence-electron chi connectivity index (χ3n) is 4.85. The number of carbonyl (C=O) groups is 1. The molecule has 2 aromatic carbocycles. The highest BCUT2D eigenvalue weighted by Crippen LogP contribution is 2.20. The second kappa shape index (κ2) is 9.31. The molecule has 1 N–H and O–H groups in total. The summed E-state index contributed by atoms with van der Waals surface area (Å²) < 4.78 is 1.02. The first kappa shape index (κ1) is 19.1. The lowest BCUT2D eigenvalue weighted by molar-refractivity contribution is -0.117. The van der Waals surface area contributed by atoms with Crippen LogP contribution in [0.5, 0.6) is 0 Å². The van der Waals surface area contributed by atoms with Crippen molar-refractivity contribution in [3.05, 3.63) is 64.1 Å². The topological polar surface area (TPSA) is 35.6 Å². The quantitative estimate of drug-likeness (QED) is 0.783. The van der Waals surface area contributed by atoms with Crippen LogP contribution < -0.4 is 5.32 Å². The van der Waals surface area contributed by atoms with Crippen molar-refractivity contribution in [2.45, 2.75) is 13.3 Å². The van der Waals surface area contributed by atoms with Crippen LogP contribution >= 0.6 is 15.9 Å². The van der Waals surface area contributed by atoms with Crippen LogP contribution in [-0.4, -0.2) is 55.0 Å². The van der Waals surface area contributed by atoms with Gasteiger partial charge in [-0.05, 0) is 36.6 Å². The first-order valence-corrected chi connectivity index (χ1v) is 9.94. The van der Waals surface area contributed by atoms with Crippen LogP contribution in [0.15, 0.2) is 53.0 Å². The minimum atomic E-state index is 0.0542. The van der Waals surface area contributed by atoms with Gasteiger partial charge < -0.3 is 10.2 Å². The minimum Gasteiger partial charge on any atom is -0.325 e. The lowest BCUT2D eigenvalue weighted by Gasteiger charge is -2.34. The van der Waals surface area contributed by atoms with E-state index in [0.717, 1.165) is 54.9 Å². The molecule has 1 amide bonds. The SMILES string of the molecule is Cc1ccc(NC(=O)CN2CCN(CCc3ccccc3)CC2)cc1Br. The molecule has 1 saturated heterocycles. The summed E-state index contributed by atoms with van der Waals surface area (Å²) in [5, 5.41) is 2.99. The summed E-state index contributed by atoms with van der Waals surface area (Å²) in [5.74, 6) is 0.0542. The zero-order valence-electron chi connectivity index (χ0n) is 15.2. The van der Waals surface area contributed by atoms with E-state index in [1.165, 1.54) is 5.56 Å². The monoisotopic (exact) mass is 415 g/mol. The largest absolute Gasteiger partial charge is 0.325 e. The Morgan fingerprint density at radius 2 is 1.73 bits per heavy atom. The van der Waals surface area contributed by atoms with E-state index in [9.17, 15) is 4.79 Å².